The summed E-state index contributed by atoms with van der Waals surface area (Å²) >= 11 is 7.37. The first-order valence-electron chi connectivity index (χ1n) is 16.7. The summed E-state index contributed by atoms with van der Waals surface area (Å²) in [6, 6.07) is 0. The zero-order valence-corrected chi connectivity index (χ0v) is 26.5. The summed E-state index contributed by atoms with van der Waals surface area (Å²) in [5, 5.41) is 40.5. The SMILES string of the molecule is CC(C)CCC[C@@H](C)[C@H]1CC[C@H]2[C@@H]3C[C@H](Cl)[C@]45O[C@H]4[C@@H](O[C@@H]4O[C@H](CO)[C@@H](O)[C@H](O)[C@H]4O)CC[C@]5(C)[C@H]3CC[C@]12C. The predicted molar refractivity (Wildman–Crippen MR) is 156 cm³/mol. The summed E-state index contributed by atoms with van der Waals surface area (Å²) in [4.78, 5) is 0. The maximum absolute atomic E-state index is 10.6. The first kappa shape index (κ1) is 31.0. The number of hydrogen-bond acceptors (Lipinski definition) is 7. The van der Waals surface area contributed by atoms with Gasteiger partial charge in [0.25, 0.3) is 0 Å². The molecule has 1 spiro atoms. The molecule has 2 heterocycles. The molecule has 8 heteroatoms. The Bertz CT molecular complexity index is 949. The largest absolute Gasteiger partial charge is 0.394 e. The lowest BCUT2D eigenvalue weighted by Crippen LogP contribution is -2.64. The number of epoxide rings is 1. The van der Waals surface area contributed by atoms with Gasteiger partial charge in [-0.05, 0) is 85.9 Å². The fourth-order valence-electron chi connectivity index (χ4n) is 11.2. The molecule has 0 amide bonds. The molecule has 0 bridgehead atoms. The van der Waals surface area contributed by atoms with E-state index in [2.05, 4.69) is 34.6 Å². The van der Waals surface area contributed by atoms with Crippen molar-refractivity contribution in [1.82, 2.24) is 0 Å². The number of hydrogen-bond donors (Lipinski definition) is 4. The van der Waals surface area contributed by atoms with Crippen LogP contribution in [0.4, 0.5) is 0 Å². The zero-order valence-electron chi connectivity index (χ0n) is 25.8. The van der Waals surface area contributed by atoms with E-state index in [1.807, 2.05) is 0 Å². The monoisotopic (exact) mass is 598 g/mol. The number of halogens is 1. The molecule has 4 saturated carbocycles. The van der Waals surface area contributed by atoms with Gasteiger partial charge in [-0.2, -0.15) is 0 Å². The number of fused-ring (bicyclic) bond motifs is 4. The lowest BCUT2D eigenvalue weighted by Gasteiger charge is -2.61. The van der Waals surface area contributed by atoms with Crippen LogP contribution in [0.2, 0.25) is 0 Å². The van der Waals surface area contributed by atoms with Gasteiger partial charge >= 0.3 is 0 Å². The van der Waals surface area contributed by atoms with Crippen LogP contribution in [0.15, 0.2) is 0 Å². The Morgan fingerprint density at radius 1 is 0.927 bits per heavy atom. The molecule has 41 heavy (non-hydrogen) atoms. The van der Waals surface area contributed by atoms with E-state index in [0.29, 0.717) is 17.3 Å². The Kier molecular flexibility index (Phi) is 8.41. The van der Waals surface area contributed by atoms with Gasteiger partial charge in [0.05, 0.1) is 18.1 Å². The van der Waals surface area contributed by atoms with E-state index in [1.54, 1.807) is 0 Å². The second-order valence-electron chi connectivity index (χ2n) is 15.8. The van der Waals surface area contributed by atoms with Crippen molar-refractivity contribution in [3.8, 4) is 0 Å². The average molecular weight is 599 g/mol. The van der Waals surface area contributed by atoms with Crippen LogP contribution in [0.3, 0.4) is 0 Å². The molecule has 0 aromatic rings. The van der Waals surface area contributed by atoms with Crippen molar-refractivity contribution in [1.29, 1.82) is 0 Å². The Balaban J connectivity index is 1.15. The maximum Gasteiger partial charge on any atom is 0.187 e. The molecule has 2 saturated heterocycles. The minimum atomic E-state index is -1.45. The van der Waals surface area contributed by atoms with Crippen molar-refractivity contribution in [2.45, 2.75) is 153 Å². The van der Waals surface area contributed by atoms with Crippen LogP contribution in [0.5, 0.6) is 0 Å². The van der Waals surface area contributed by atoms with Crippen molar-refractivity contribution in [2.24, 2.45) is 46.3 Å². The first-order chi connectivity index (χ1) is 19.4. The van der Waals surface area contributed by atoms with E-state index < -0.39 is 42.9 Å². The number of alkyl halides is 1. The van der Waals surface area contributed by atoms with Gasteiger partial charge in [-0.15, -0.1) is 11.6 Å². The quantitative estimate of drug-likeness (QED) is 0.183. The fraction of sp³-hybridized carbons (Fsp3) is 1.00. The second kappa shape index (κ2) is 11.1. The van der Waals surface area contributed by atoms with E-state index in [1.165, 1.54) is 44.9 Å². The highest BCUT2D eigenvalue weighted by Crippen LogP contribution is 2.74. The summed E-state index contributed by atoms with van der Waals surface area (Å²) in [5.41, 5.74) is -0.0592. The molecular weight excluding hydrogens is 544 g/mol. The van der Waals surface area contributed by atoms with Crippen molar-refractivity contribution < 1.29 is 34.6 Å². The highest BCUT2D eigenvalue weighted by atomic mass is 35.5. The van der Waals surface area contributed by atoms with Crippen LogP contribution >= 0.6 is 11.6 Å². The van der Waals surface area contributed by atoms with Gasteiger partial charge < -0.3 is 34.6 Å². The van der Waals surface area contributed by atoms with Crippen LogP contribution in [0, 0.1) is 46.3 Å². The summed E-state index contributed by atoms with van der Waals surface area (Å²) in [5.74, 6) is 4.33. The van der Waals surface area contributed by atoms with Crippen LogP contribution in [0.1, 0.15) is 98.8 Å². The van der Waals surface area contributed by atoms with Gasteiger partial charge in [-0.3, -0.25) is 0 Å². The molecule has 4 aliphatic carbocycles. The number of aliphatic hydroxyl groups is 4. The van der Waals surface area contributed by atoms with E-state index in [-0.39, 0.29) is 23.0 Å². The molecule has 4 N–H and O–H groups in total. The lowest BCUT2D eigenvalue weighted by atomic mass is 9.44. The Hall–Kier alpha value is 0.01000. The van der Waals surface area contributed by atoms with Gasteiger partial charge in [0.2, 0.25) is 0 Å². The highest BCUT2D eigenvalue weighted by molar-refractivity contribution is 6.22. The molecule has 6 rings (SSSR count). The van der Waals surface area contributed by atoms with E-state index in [0.717, 1.165) is 42.9 Å². The van der Waals surface area contributed by atoms with E-state index in [4.69, 9.17) is 25.8 Å². The van der Waals surface area contributed by atoms with Crippen LogP contribution in [0.25, 0.3) is 0 Å². The Morgan fingerprint density at radius 3 is 2.39 bits per heavy atom. The normalized spacial score (nSPS) is 55.1. The minimum absolute atomic E-state index is 0.0233. The molecule has 236 valence electrons. The number of rotatable bonds is 8. The fourth-order valence-corrected chi connectivity index (χ4v) is 11.8. The van der Waals surface area contributed by atoms with Crippen molar-refractivity contribution in [3.05, 3.63) is 0 Å². The van der Waals surface area contributed by atoms with Gasteiger partial charge in [0.1, 0.15) is 36.1 Å². The smallest absolute Gasteiger partial charge is 0.187 e. The zero-order chi connectivity index (χ0) is 29.5. The summed E-state index contributed by atoms with van der Waals surface area (Å²) in [6.07, 6.45) is 5.07. The maximum atomic E-state index is 10.6. The molecule has 16 atom stereocenters. The van der Waals surface area contributed by atoms with Crippen LogP contribution in [-0.4, -0.2) is 80.9 Å². The topological polar surface area (TPSA) is 112 Å². The third-order valence-electron chi connectivity index (χ3n) is 13.4. The molecule has 6 aliphatic rings. The van der Waals surface area contributed by atoms with Crippen molar-refractivity contribution >= 4 is 11.6 Å². The van der Waals surface area contributed by atoms with Gasteiger partial charge in [-0.1, -0.05) is 53.9 Å². The number of ether oxygens (including phenoxy) is 3. The summed E-state index contributed by atoms with van der Waals surface area (Å²) in [7, 11) is 0. The van der Waals surface area contributed by atoms with Crippen LogP contribution in [-0.2, 0) is 14.2 Å². The average Bonchev–Trinajstić information content (AvgIpc) is 3.60. The molecule has 6 fully saturated rings. The third-order valence-corrected chi connectivity index (χ3v) is 13.9. The Labute approximate surface area is 251 Å². The molecule has 2 aliphatic heterocycles. The molecule has 0 aromatic carbocycles. The van der Waals surface area contributed by atoms with E-state index >= 15 is 0 Å². The highest BCUT2D eigenvalue weighted by Gasteiger charge is 2.80. The van der Waals surface area contributed by atoms with Crippen molar-refractivity contribution in [2.75, 3.05) is 6.61 Å². The molecular formula is C33H55ClO7. The van der Waals surface area contributed by atoms with Crippen molar-refractivity contribution in [3.63, 3.8) is 0 Å². The number of aliphatic hydroxyl groups excluding tert-OH is 4. The second-order valence-corrected chi connectivity index (χ2v) is 16.3. The predicted octanol–water partition coefficient (Wildman–Crippen LogP) is 4.64. The van der Waals surface area contributed by atoms with Crippen LogP contribution < -0.4 is 0 Å². The minimum Gasteiger partial charge on any atom is -0.394 e. The summed E-state index contributed by atoms with van der Waals surface area (Å²) < 4.78 is 18.6. The Morgan fingerprint density at radius 2 is 1.68 bits per heavy atom. The molecule has 0 aromatic heterocycles. The third kappa shape index (κ3) is 4.69. The van der Waals surface area contributed by atoms with Gasteiger partial charge in [0, 0.05) is 5.41 Å². The lowest BCUT2D eigenvalue weighted by molar-refractivity contribution is -0.314. The van der Waals surface area contributed by atoms with Gasteiger partial charge in [-0.25, -0.2) is 0 Å². The molecule has 7 nitrogen and oxygen atoms in total. The van der Waals surface area contributed by atoms with Gasteiger partial charge in [0.15, 0.2) is 6.29 Å². The van der Waals surface area contributed by atoms with E-state index in [9.17, 15) is 20.4 Å². The molecule has 0 unspecified atom stereocenters. The first-order valence-corrected chi connectivity index (χ1v) is 17.1. The standard InChI is InChI=1S/C33H55ClO7/c1-17(2)7-6-8-18(3)20-9-10-21-19-15-25(34)33-29(41-33)23(12-14-32(33,5)22(19)11-13-31(20,21)4)39-30-28(38)27(37)26(36)24(16-35)40-30/h17-30,35-38H,6-16H2,1-5H3/t18-,19+,20-,21+,22+,23+,24-,25+,26-,27+,28-,29+,30-,31-,32-,33+/m1/s1. The molecule has 0 radical (unpaired) electrons. The summed E-state index contributed by atoms with van der Waals surface area (Å²) in [6.45, 7) is 11.8.